The molecule has 0 bridgehead atoms. The zero-order valence-corrected chi connectivity index (χ0v) is 8.14. The van der Waals surface area contributed by atoms with Gasteiger partial charge in [-0.25, -0.2) is 14.6 Å². The Morgan fingerprint density at radius 3 is 2.40 bits per heavy atom. The summed E-state index contributed by atoms with van der Waals surface area (Å²) in [5.41, 5.74) is 1.72. The summed E-state index contributed by atoms with van der Waals surface area (Å²) in [7, 11) is 0. The highest BCUT2D eigenvalue weighted by Crippen LogP contribution is 2.13. The van der Waals surface area contributed by atoms with E-state index in [2.05, 4.69) is 9.98 Å². The molecule has 0 aliphatic heterocycles. The molecule has 1 aromatic rings. The first-order valence-corrected chi connectivity index (χ1v) is 4.57. The summed E-state index contributed by atoms with van der Waals surface area (Å²) < 4.78 is 0. The van der Waals surface area contributed by atoms with Crippen LogP contribution in [0.1, 0.15) is 12.0 Å². The molecule has 4 nitrogen and oxygen atoms in total. The molecular weight excluding hydrogens is 192 g/mol. The number of aryl methyl sites for hydroxylation is 1. The van der Waals surface area contributed by atoms with E-state index in [1.54, 1.807) is 12.1 Å². The van der Waals surface area contributed by atoms with Crippen molar-refractivity contribution in [3.8, 4) is 0 Å². The summed E-state index contributed by atoms with van der Waals surface area (Å²) in [5, 5.41) is 0. The van der Waals surface area contributed by atoms with Crippen molar-refractivity contribution >= 4 is 17.8 Å². The number of rotatable bonds is 5. The molecule has 4 heteroatoms. The van der Waals surface area contributed by atoms with E-state index >= 15 is 0 Å². The van der Waals surface area contributed by atoms with Gasteiger partial charge in [0, 0.05) is 0 Å². The molecule has 0 saturated heterocycles. The van der Waals surface area contributed by atoms with Crippen LogP contribution in [-0.4, -0.2) is 18.7 Å². The average molecular weight is 202 g/mol. The molecule has 76 valence electrons. The standard InChI is InChI=1S/C11H10N2O2/c14-8-12-7-1-2-10-3-5-11(6-4-10)13-9-15/h3-6H,1-2,7H2. The minimum absolute atomic E-state index is 0.498. The number of aliphatic imine (C=N–C) groups is 2. The van der Waals surface area contributed by atoms with E-state index in [1.807, 2.05) is 12.1 Å². The first kappa shape index (κ1) is 11.1. The summed E-state index contributed by atoms with van der Waals surface area (Å²) in [6.07, 6.45) is 4.63. The van der Waals surface area contributed by atoms with Crippen molar-refractivity contribution < 1.29 is 9.59 Å². The van der Waals surface area contributed by atoms with Gasteiger partial charge in [-0.3, -0.25) is 0 Å². The first-order chi connectivity index (χ1) is 7.36. The number of benzene rings is 1. The van der Waals surface area contributed by atoms with Crippen molar-refractivity contribution in [1.29, 1.82) is 0 Å². The second kappa shape index (κ2) is 6.44. The fourth-order valence-electron chi connectivity index (χ4n) is 1.20. The molecule has 0 spiro atoms. The lowest BCUT2D eigenvalue weighted by atomic mass is 10.1. The number of nitrogens with zero attached hydrogens (tertiary/aromatic N) is 2. The smallest absolute Gasteiger partial charge is 0.211 e. The van der Waals surface area contributed by atoms with Gasteiger partial charge >= 0.3 is 0 Å². The molecule has 0 saturated carbocycles. The quantitative estimate of drug-likeness (QED) is 0.416. The zero-order valence-electron chi connectivity index (χ0n) is 8.14. The maximum Gasteiger partial charge on any atom is 0.240 e. The van der Waals surface area contributed by atoms with Crippen molar-refractivity contribution in [3.63, 3.8) is 0 Å². The van der Waals surface area contributed by atoms with E-state index in [0.29, 0.717) is 12.2 Å². The molecule has 0 N–H and O–H groups in total. The van der Waals surface area contributed by atoms with Gasteiger partial charge in [0.25, 0.3) is 0 Å². The average Bonchev–Trinajstić information content (AvgIpc) is 2.27. The van der Waals surface area contributed by atoms with Gasteiger partial charge in [0.05, 0.1) is 12.2 Å². The Morgan fingerprint density at radius 1 is 1.07 bits per heavy atom. The first-order valence-electron chi connectivity index (χ1n) is 4.57. The Bertz CT molecular complexity index is 399. The molecule has 0 radical (unpaired) electrons. The summed E-state index contributed by atoms with van der Waals surface area (Å²) in [6, 6.07) is 7.29. The van der Waals surface area contributed by atoms with Crippen LogP contribution in [0.25, 0.3) is 0 Å². The van der Waals surface area contributed by atoms with Gasteiger partial charge in [-0.2, -0.15) is 4.99 Å². The lowest BCUT2D eigenvalue weighted by Gasteiger charge is -1.98. The Hall–Kier alpha value is -2.02. The van der Waals surface area contributed by atoms with Gasteiger partial charge in [-0.1, -0.05) is 12.1 Å². The normalized spacial score (nSPS) is 8.80. The molecule has 0 atom stereocenters. The highest BCUT2D eigenvalue weighted by atomic mass is 16.1. The highest BCUT2D eigenvalue weighted by Gasteiger charge is 1.93. The topological polar surface area (TPSA) is 58.9 Å². The molecule has 0 aliphatic rings. The van der Waals surface area contributed by atoms with E-state index in [1.165, 1.54) is 12.2 Å². The summed E-state index contributed by atoms with van der Waals surface area (Å²) in [5.74, 6) is 0. The van der Waals surface area contributed by atoms with Crippen LogP contribution in [-0.2, 0) is 16.0 Å². The fraction of sp³-hybridized carbons (Fsp3) is 0.273. The van der Waals surface area contributed by atoms with Crippen LogP contribution in [0, 0.1) is 0 Å². The number of isocyanates is 2. The maximum atomic E-state index is 9.96. The van der Waals surface area contributed by atoms with E-state index in [-0.39, 0.29) is 0 Å². The maximum absolute atomic E-state index is 9.96. The van der Waals surface area contributed by atoms with Gasteiger partial charge in [0.1, 0.15) is 0 Å². The Balaban J connectivity index is 2.49. The summed E-state index contributed by atoms with van der Waals surface area (Å²) in [4.78, 5) is 26.7. The minimum Gasteiger partial charge on any atom is -0.211 e. The lowest BCUT2D eigenvalue weighted by Crippen LogP contribution is -1.87. The molecule has 15 heavy (non-hydrogen) atoms. The SMILES string of the molecule is O=C=NCCCc1ccc(N=C=O)cc1. The van der Waals surface area contributed by atoms with Gasteiger partial charge in [0.15, 0.2) is 0 Å². The zero-order chi connectivity index (χ0) is 10.9. The molecule has 1 aromatic carbocycles. The van der Waals surface area contributed by atoms with E-state index in [4.69, 9.17) is 0 Å². The number of hydrogen-bond donors (Lipinski definition) is 0. The molecule has 0 aliphatic carbocycles. The predicted molar refractivity (Wildman–Crippen MR) is 55.5 cm³/mol. The monoisotopic (exact) mass is 202 g/mol. The van der Waals surface area contributed by atoms with E-state index in [0.717, 1.165) is 18.4 Å². The van der Waals surface area contributed by atoms with Crippen LogP contribution in [0.5, 0.6) is 0 Å². The molecule has 1 rings (SSSR count). The molecule has 0 unspecified atom stereocenters. The van der Waals surface area contributed by atoms with Crippen LogP contribution < -0.4 is 0 Å². The van der Waals surface area contributed by atoms with E-state index in [9.17, 15) is 9.59 Å². The number of carbonyl (C=O) groups excluding carboxylic acids is 2. The second-order valence-electron chi connectivity index (χ2n) is 2.95. The molecule has 0 fully saturated rings. The van der Waals surface area contributed by atoms with Crippen LogP contribution in [0.15, 0.2) is 34.3 Å². The van der Waals surface area contributed by atoms with Crippen molar-refractivity contribution in [2.75, 3.05) is 6.54 Å². The van der Waals surface area contributed by atoms with Crippen molar-refractivity contribution in [2.24, 2.45) is 9.98 Å². The van der Waals surface area contributed by atoms with Crippen LogP contribution in [0.2, 0.25) is 0 Å². The Morgan fingerprint density at radius 2 is 1.80 bits per heavy atom. The van der Waals surface area contributed by atoms with Gasteiger partial charge in [0.2, 0.25) is 12.2 Å². The molecule has 0 aromatic heterocycles. The van der Waals surface area contributed by atoms with E-state index < -0.39 is 0 Å². The largest absolute Gasteiger partial charge is 0.240 e. The molecular formula is C11H10N2O2. The molecule has 0 amide bonds. The minimum atomic E-state index is 0.498. The van der Waals surface area contributed by atoms with Gasteiger partial charge in [-0.15, -0.1) is 0 Å². The number of hydrogen-bond acceptors (Lipinski definition) is 4. The van der Waals surface area contributed by atoms with Crippen LogP contribution in [0.4, 0.5) is 5.69 Å². The summed E-state index contributed by atoms with van der Waals surface area (Å²) >= 11 is 0. The van der Waals surface area contributed by atoms with Gasteiger partial charge < -0.3 is 0 Å². The second-order valence-corrected chi connectivity index (χ2v) is 2.95. The van der Waals surface area contributed by atoms with Gasteiger partial charge in [-0.05, 0) is 30.5 Å². The molecule has 0 heterocycles. The third kappa shape index (κ3) is 4.14. The fourth-order valence-corrected chi connectivity index (χ4v) is 1.20. The van der Waals surface area contributed by atoms with Crippen molar-refractivity contribution in [1.82, 2.24) is 0 Å². The van der Waals surface area contributed by atoms with Crippen molar-refractivity contribution in [2.45, 2.75) is 12.8 Å². The van der Waals surface area contributed by atoms with Crippen LogP contribution >= 0.6 is 0 Å². The third-order valence-electron chi connectivity index (χ3n) is 1.91. The lowest BCUT2D eigenvalue weighted by molar-refractivity contribution is 0.562. The van der Waals surface area contributed by atoms with Crippen molar-refractivity contribution in [3.05, 3.63) is 29.8 Å². The Kier molecular flexibility index (Phi) is 4.74. The Labute approximate surface area is 87.4 Å². The summed E-state index contributed by atoms with van der Waals surface area (Å²) in [6.45, 7) is 0.498. The van der Waals surface area contributed by atoms with Crippen LogP contribution in [0.3, 0.4) is 0 Å². The highest BCUT2D eigenvalue weighted by molar-refractivity contribution is 5.49. The predicted octanol–water partition coefficient (Wildman–Crippen LogP) is 1.92. The third-order valence-corrected chi connectivity index (χ3v) is 1.91.